The Morgan fingerprint density at radius 1 is 0.750 bits per heavy atom. The van der Waals surface area contributed by atoms with Crippen LogP contribution >= 0.6 is 0 Å². The molecule has 0 saturated carbocycles. The highest BCUT2D eigenvalue weighted by molar-refractivity contribution is 6.22. The summed E-state index contributed by atoms with van der Waals surface area (Å²) in [4.78, 5) is 41.9. The van der Waals surface area contributed by atoms with Crippen LogP contribution in [0.1, 0.15) is 31.8 Å². The van der Waals surface area contributed by atoms with Crippen LogP contribution < -0.4 is 5.32 Å². The largest absolute Gasteiger partial charge is 0.335 e. The number of aryl methyl sites for hydroxylation is 1. The Labute approximate surface area is 186 Å². The third-order valence-corrected chi connectivity index (χ3v) is 6.10. The first-order chi connectivity index (χ1) is 15.5. The van der Waals surface area contributed by atoms with E-state index >= 15 is 0 Å². The van der Waals surface area contributed by atoms with Crippen molar-refractivity contribution in [2.75, 3.05) is 31.5 Å². The summed E-state index contributed by atoms with van der Waals surface area (Å²) in [6.07, 6.45) is 0. The smallest absolute Gasteiger partial charge is 0.321 e. The van der Waals surface area contributed by atoms with E-state index in [9.17, 15) is 14.4 Å². The van der Waals surface area contributed by atoms with Crippen molar-refractivity contribution in [1.82, 2.24) is 9.80 Å². The fraction of sp³-hybridized carbons (Fsp3) is 0.192. The molecule has 0 spiro atoms. The normalized spacial score (nSPS) is 14.7. The van der Waals surface area contributed by atoms with Crippen molar-refractivity contribution < 1.29 is 14.4 Å². The first-order valence-electron chi connectivity index (χ1n) is 10.7. The molecule has 0 radical (unpaired) electrons. The first kappa shape index (κ1) is 20.0. The molecule has 6 heteroatoms. The minimum Gasteiger partial charge on any atom is -0.335 e. The number of piperazine rings is 1. The highest BCUT2D eigenvalue weighted by atomic mass is 16.2. The number of fused-ring (bicyclic) bond motifs is 3. The van der Waals surface area contributed by atoms with Crippen molar-refractivity contribution in [1.29, 1.82) is 0 Å². The molecule has 3 aromatic carbocycles. The lowest BCUT2D eigenvalue weighted by Crippen LogP contribution is -2.51. The lowest BCUT2D eigenvalue weighted by atomic mass is 10.0. The first-order valence-corrected chi connectivity index (χ1v) is 10.7. The summed E-state index contributed by atoms with van der Waals surface area (Å²) in [5, 5.41) is 2.92. The average molecular weight is 425 g/mol. The Bertz CT molecular complexity index is 1240. The van der Waals surface area contributed by atoms with Gasteiger partial charge in [-0.1, -0.05) is 42.5 Å². The topological polar surface area (TPSA) is 69.7 Å². The monoisotopic (exact) mass is 425 g/mol. The molecule has 2 aliphatic rings. The number of amides is 3. The number of anilines is 1. The Morgan fingerprint density at radius 3 is 2.19 bits per heavy atom. The van der Waals surface area contributed by atoms with Gasteiger partial charge < -0.3 is 15.1 Å². The molecule has 1 fully saturated rings. The summed E-state index contributed by atoms with van der Waals surface area (Å²) in [6, 6.07) is 20.4. The zero-order chi connectivity index (χ0) is 22.2. The van der Waals surface area contributed by atoms with Crippen molar-refractivity contribution in [3.63, 3.8) is 0 Å². The van der Waals surface area contributed by atoms with Crippen molar-refractivity contribution in [2.45, 2.75) is 6.92 Å². The molecule has 3 amide bonds. The average Bonchev–Trinajstić information content (AvgIpc) is 3.10. The zero-order valence-corrected chi connectivity index (χ0v) is 17.8. The minimum atomic E-state index is -0.163. The second kappa shape index (κ2) is 7.96. The van der Waals surface area contributed by atoms with Gasteiger partial charge in [0.05, 0.1) is 0 Å². The highest BCUT2D eigenvalue weighted by Gasteiger charge is 2.29. The number of nitrogens with one attached hydrogen (secondary N) is 1. The predicted molar refractivity (Wildman–Crippen MR) is 123 cm³/mol. The van der Waals surface area contributed by atoms with Crippen LogP contribution in [0.2, 0.25) is 0 Å². The molecule has 0 aromatic heterocycles. The lowest BCUT2D eigenvalue weighted by molar-refractivity contribution is 0.0671. The van der Waals surface area contributed by atoms with E-state index in [0.717, 1.165) is 22.4 Å². The van der Waals surface area contributed by atoms with Crippen molar-refractivity contribution in [3.05, 3.63) is 89.0 Å². The number of rotatable bonds is 2. The van der Waals surface area contributed by atoms with Gasteiger partial charge in [-0.2, -0.15) is 0 Å². The van der Waals surface area contributed by atoms with Crippen molar-refractivity contribution >= 4 is 23.4 Å². The van der Waals surface area contributed by atoms with Gasteiger partial charge in [0.1, 0.15) is 0 Å². The summed E-state index contributed by atoms with van der Waals surface area (Å²) in [6.45, 7) is 3.79. The number of benzene rings is 3. The molecule has 160 valence electrons. The van der Waals surface area contributed by atoms with E-state index in [4.69, 9.17) is 0 Å². The number of ketones is 1. The number of hydrogen-bond acceptors (Lipinski definition) is 3. The third kappa shape index (κ3) is 3.54. The van der Waals surface area contributed by atoms with Gasteiger partial charge in [0.15, 0.2) is 5.78 Å². The molecule has 0 bridgehead atoms. The molecule has 32 heavy (non-hydrogen) atoms. The van der Waals surface area contributed by atoms with Gasteiger partial charge in [0.2, 0.25) is 0 Å². The van der Waals surface area contributed by atoms with Gasteiger partial charge in [0, 0.05) is 48.6 Å². The SMILES string of the molecule is Cc1cccc(NC(=O)N2CCN(C(=O)c3ccc4c(c3)C(=O)c3ccccc3-4)CC2)c1. The summed E-state index contributed by atoms with van der Waals surface area (Å²) in [7, 11) is 0. The molecule has 0 atom stereocenters. The maximum atomic E-state index is 13.1. The summed E-state index contributed by atoms with van der Waals surface area (Å²) in [5.74, 6) is -0.154. The van der Waals surface area contributed by atoms with Crippen LogP contribution in [0, 0.1) is 6.92 Å². The fourth-order valence-electron chi connectivity index (χ4n) is 4.38. The molecular formula is C26H23N3O3. The second-order valence-electron chi connectivity index (χ2n) is 8.21. The quantitative estimate of drug-likeness (QED) is 0.523. The molecular weight excluding hydrogens is 402 g/mol. The van der Waals surface area contributed by atoms with Crippen LogP contribution in [0.3, 0.4) is 0 Å². The Balaban J connectivity index is 1.24. The van der Waals surface area contributed by atoms with E-state index in [0.29, 0.717) is 42.9 Å². The second-order valence-corrected chi connectivity index (χ2v) is 8.21. The van der Waals surface area contributed by atoms with Crippen LogP contribution in [0.4, 0.5) is 10.5 Å². The van der Waals surface area contributed by atoms with E-state index in [-0.39, 0.29) is 17.7 Å². The van der Waals surface area contributed by atoms with E-state index in [1.807, 2.05) is 61.5 Å². The third-order valence-electron chi connectivity index (χ3n) is 6.10. The maximum Gasteiger partial charge on any atom is 0.321 e. The molecule has 1 aliphatic heterocycles. The van der Waals surface area contributed by atoms with Gasteiger partial charge >= 0.3 is 6.03 Å². The molecule has 1 saturated heterocycles. The molecule has 0 unspecified atom stereocenters. The van der Waals surface area contributed by atoms with Crippen LogP contribution in [-0.2, 0) is 0 Å². The Morgan fingerprint density at radius 2 is 1.44 bits per heavy atom. The van der Waals surface area contributed by atoms with Crippen LogP contribution in [-0.4, -0.2) is 53.7 Å². The van der Waals surface area contributed by atoms with E-state index in [2.05, 4.69) is 5.32 Å². The van der Waals surface area contributed by atoms with Gasteiger partial charge in [-0.25, -0.2) is 4.79 Å². The van der Waals surface area contributed by atoms with E-state index in [1.165, 1.54) is 0 Å². The summed E-state index contributed by atoms with van der Waals surface area (Å²) >= 11 is 0. The molecule has 1 heterocycles. The number of hydrogen-bond donors (Lipinski definition) is 1. The number of carbonyl (C=O) groups excluding carboxylic acids is 3. The predicted octanol–water partition coefficient (Wildman–Crippen LogP) is 4.20. The van der Waals surface area contributed by atoms with Gasteiger partial charge in [-0.15, -0.1) is 0 Å². The summed E-state index contributed by atoms with van der Waals surface area (Å²) in [5.41, 5.74) is 5.39. The molecule has 1 N–H and O–H groups in total. The fourth-order valence-corrected chi connectivity index (χ4v) is 4.38. The lowest BCUT2D eigenvalue weighted by Gasteiger charge is -2.34. The van der Waals surface area contributed by atoms with Crippen LogP contribution in [0.25, 0.3) is 11.1 Å². The number of carbonyl (C=O) groups is 3. The minimum absolute atomic E-state index is 0.0390. The number of nitrogens with zero attached hydrogens (tertiary/aromatic N) is 2. The maximum absolute atomic E-state index is 13.1. The van der Waals surface area contributed by atoms with Crippen molar-refractivity contribution in [2.24, 2.45) is 0 Å². The Kier molecular flexibility index (Phi) is 4.98. The molecule has 1 aliphatic carbocycles. The van der Waals surface area contributed by atoms with Gasteiger partial charge in [0.25, 0.3) is 5.91 Å². The van der Waals surface area contributed by atoms with Crippen LogP contribution in [0.5, 0.6) is 0 Å². The Hall–Kier alpha value is -3.93. The highest BCUT2D eigenvalue weighted by Crippen LogP contribution is 2.36. The van der Waals surface area contributed by atoms with Crippen LogP contribution in [0.15, 0.2) is 66.7 Å². The van der Waals surface area contributed by atoms with Gasteiger partial charge in [-0.05, 0) is 47.9 Å². The van der Waals surface area contributed by atoms with Crippen molar-refractivity contribution in [3.8, 4) is 11.1 Å². The molecule has 5 rings (SSSR count). The standard InChI is InChI=1S/C26H23N3O3/c1-17-5-4-6-19(15-17)27-26(32)29-13-11-28(12-14-29)25(31)18-9-10-21-20-7-2-3-8-22(20)24(30)23(21)16-18/h2-10,15-16H,11-14H2,1H3,(H,27,32). The van der Waals surface area contributed by atoms with Gasteiger partial charge in [-0.3, -0.25) is 9.59 Å². The zero-order valence-electron chi connectivity index (χ0n) is 17.8. The van der Waals surface area contributed by atoms with E-state index < -0.39 is 0 Å². The molecule has 3 aromatic rings. The number of urea groups is 1. The summed E-state index contributed by atoms with van der Waals surface area (Å²) < 4.78 is 0. The molecule has 6 nitrogen and oxygen atoms in total. The van der Waals surface area contributed by atoms with E-state index in [1.54, 1.807) is 21.9 Å².